The smallest absolute Gasteiger partial charge is 0.493 e. The third kappa shape index (κ3) is 9.33. The minimum atomic E-state index is -5.08. The quantitative estimate of drug-likeness (QED) is 0.153. The lowest BCUT2D eigenvalue weighted by Gasteiger charge is -2.45. The number of hydrogen-bond donors (Lipinski definition) is 6. The number of carbonyl (C=O) groups excluding carboxylic acids is 2. The molecule has 2 unspecified atom stereocenters. The number of nitrogens with two attached hydrogens (primary N) is 2. The van der Waals surface area contributed by atoms with Crippen molar-refractivity contribution in [3.63, 3.8) is 0 Å². The Kier molecular flexibility index (Phi) is 11.4. The van der Waals surface area contributed by atoms with Gasteiger partial charge in [0.25, 0.3) is 5.88 Å². The molecule has 3 heterocycles. The summed E-state index contributed by atoms with van der Waals surface area (Å²) in [6.07, 6.45) is -11.6. The third-order valence-corrected chi connectivity index (χ3v) is 6.16. The summed E-state index contributed by atoms with van der Waals surface area (Å²) in [5.41, 5.74) is 11.7. The van der Waals surface area contributed by atoms with Crippen LogP contribution in [0.5, 0.6) is 0 Å². The lowest BCUT2D eigenvalue weighted by Crippen LogP contribution is -2.57. The van der Waals surface area contributed by atoms with E-state index in [1.807, 2.05) is 0 Å². The number of carboxylic acids is 2. The molecule has 0 aromatic carbocycles. The molecule has 0 radical (unpaired) electrons. The largest absolute Gasteiger partial charge is 0.512 e. The Balaban J connectivity index is 0.000000473. The molecule has 1 saturated heterocycles. The number of carbonyl (C=O) groups is 5. The van der Waals surface area contributed by atoms with Crippen LogP contribution in [0.25, 0.3) is 0 Å². The maximum absolute atomic E-state index is 12.4. The molecule has 3 atom stereocenters. The number of halogens is 6. The maximum atomic E-state index is 12.4. The number of methoxy groups -OCH3 is 1. The van der Waals surface area contributed by atoms with Gasteiger partial charge in [-0.25, -0.2) is 19.4 Å². The van der Waals surface area contributed by atoms with Gasteiger partial charge in [-0.05, 0) is 0 Å². The van der Waals surface area contributed by atoms with E-state index >= 15 is 0 Å². The number of hydrogen-bond acceptors (Lipinski definition) is 12. The van der Waals surface area contributed by atoms with Gasteiger partial charge in [0.15, 0.2) is 10.9 Å². The van der Waals surface area contributed by atoms with E-state index in [9.17, 15) is 40.7 Å². The number of alkyl halides is 6. The van der Waals surface area contributed by atoms with Gasteiger partial charge in [-0.2, -0.15) is 26.3 Å². The highest BCUT2D eigenvalue weighted by Gasteiger charge is 2.49. The Morgan fingerprint density at radius 1 is 1.12 bits per heavy atom. The van der Waals surface area contributed by atoms with Gasteiger partial charge in [0, 0.05) is 5.38 Å². The van der Waals surface area contributed by atoms with Crippen LogP contribution in [0.1, 0.15) is 18.2 Å². The summed E-state index contributed by atoms with van der Waals surface area (Å²) in [7, 11) is 1.28. The number of β-lactam (4-membered cyclic amide) rings is 1. The summed E-state index contributed by atoms with van der Waals surface area (Å²) >= 11 is 2.37. The SMILES string of the molecule is COC1=C(OC(=O)O)N2C(=O)C[C@@H]2SC1NC(=O)C(N)c1csc(N)n1.O=C(O)C(F)(F)F.O=C(O)C(F)(F)F. The molecular weight excluding hydrogens is 612 g/mol. The molecule has 1 aromatic heterocycles. The molecule has 0 saturated carbocycles. The van der Waals surface area contributed by atoms with Crippen molar-refractivity contribution in [1.82, 2.24) is 15.2 Å². The standard InChI is InChI=1S/C13H15N5O6S2.2C2HF3O2/c1-23-8-10(17-9(20)7(14)4-3-25-12(15)16-4)26-6-2-5(19)18(6)11(8)24-13(21)22;2*3-2(4,5)1(6)7/h3,6-7,10H,2,14H2,1H3,(H2,15,16)(H,17,20)(H,21,22);2*(H,6,7)/t6-,7?,10?;;/m0../s1. The van der Waals surface area contributed by atoms with Crippen LogP contribution in [-0.4, -0.2) is 85.3 Å². The van der Waals surface area contributed by atoms with Gasteiger partial charge in [0.1, 0.15) is 11.4 Å². The first-order valence-corrected chi connectivity index (χ1v) is 11.6. The van der Waals surface area contributed by atoms with E-state index in [1.54, 1.807) is 5.38 Å². The lowest BCUT2D eigenvalue weighted by atomic mass is 10.2. The van der Waals surface area contributed by atoms with Crippen LogP contribution in [0.4, 0.5) is 36.3 Å². The predicted molar refractivity (Wildman–Crippen MR) is 119 cm³/mol. The molecule has 2 aliphatic heterocycles. The first-order chi connectivity index (χ1) is 18.2. The third-order valence-electron chi connectivity index (χ3n) is 4.17. The van der Waals surface area contributed by atoms with Gasteiger partial charge >= 0.3 is 30.4 Å². The number of rotatable bonds is 5. The van der Waals surface area contributed by atoms with Gasteiger partial charge < -0.3 is 41.6 Å². The van der Waals surface area contributed by atoms with E-state index in [0.29, 0.717) is 5.69 Å². The summed E-state index contributed by atoms with van der Waals surface area (Å²) in [6.45, 7) is 0. The van der Waals surface area contributed by atoms with Crippen molar-refractivity contribution in [3.05, 3.63) is 22.7 Å². The zero-order valence-corrected chi connectivity index (χ0v) is 21.0. The molecule has 2 aliphatic rings. The van der Waals surface area contributed by atoms with Crippen molar-refractivity contribution in [3.8, 4) is 0 Å². The van der Waals surface area contributed by atoms with Crippen molar-refractivity contribution in [2.45, 2.75) is 35.6 Å². The second-order valence-electron chi connectivity index (χ2n) is 6.88. The van der Waals surface area contributed by atoms with E-state index in [1.165, 1.54) is 23.8 Å². The average Bonchev–Trinajstić information content (AvgIpc) is 3.23. The van der Waals surface area contributed by atoms with Crippen LogP contribution in [0.3, 0.4) is 0 Å². The molecule has 23 heteroatoms. The number of anilines is 1. The Hall–Kier alpha value is -3.99. The summed E-state index contributed by atoms with van der Waals surface area (Å²) < 4.78 is 73.4. The van der Waals surface area contributed by atoms with Crippen LogP contribution in [-0.2, 0) is 28.7 Å². The molecule has 0 aliphatic carbocycles. The monoisotopic (exact) mass is 629 g/mol. The summed E-state index contributed by atoms with van der Waals surface area (Å²) in [6, 6.07) is -1.06. The molecule has 1 aromatic rings. The molecule has 40 heavy (non-hydrogen) atoms. The molecule has 3 rings (SSSR count). The number of nitrogens with one attached hydrogen (secondary N) is 1. The topological polar surface area (TPSA) is 245 Å². The highest BCUT2D eigenvalue weighted by Crippen LogP contribution is 2.43. The van der Waals surface area contributed by atoms with Crippen LogP contribution >= 0.6 is 23.1 Å². The number of carboxylic acid groups (broad SMARTS) is 3. The second kappa shape index (κ2) is 13.4. The molecule has 8 N–H and O–H groups in total. The van der Waals surface area contributed by atoms with Crippen molar-refractivity contribution in [2.75, 3.05) is 12.8 Å². The van der Waals surface area contributed by atoms with E-state index in [2.05, 4.69) is 10.3 Å². The van der Waals surface area contributed by atoms with E-state index in [0.717, 1.165) is 11.3 Å². The fraction of sp³-hybridized carbons (Fsp3) is 0.412. The number of aromatic nitrogens is 1. The Morgan fingerprint density at radius 2 is 1.62 bits per heavy atom. The van der Waals surface area contributed by atoms with Crippen LogP contribution < -0.4 is 16.8 Å². The van der Waals surface area contributed by atoms with E-state index < -0.39 is 47.8 Å². The van der Waals surface area contributed by atoms with Gasteiger partial charge in [0.05, 0.1) is 24.6 Å². The number of ether oxygens (including phenoxy) is 2. The highest BCUT2D eigenvalue weighted by atomic mass is 32.2. The first kappa shape index (κ1) is 34.0. The number of thiazole rings is 1. The van der Waals surface area contributed by atoms with Gasteiger partial charge in [0.2, 0.25) is 11.8 Å². The molecular formula is C17H17F6N5O10S2. The highest BCUT2D eigenvalue weighted by molar-refractivity contribution is 8.00. The molecule has 1 fully saturated rings. The van der Waals surface area contributed by atoms with Gasteiger partial charge in [-0.3, -0.25) is 14.5 Å². The van der Waals surface area contributed by atoms with Crippen LogP contribution in [0.15, 0.2) is 17.0 Å². The Labute approximate surface area is 225 Å². The molecule has 15 nitrogen and oxygen atoms in total. The van der Waals surface area contributed by atoms with E-state index in [-0.39, 0.29) is 34.5 Å². The van der Waals surface area contributed by atoms with Crippen molar-refractivity contribution in [1.29, 1.82) is 0 Å². The maximum Gasteiger partial charge on any atom is 0.512 e. The molecule has 0 bridgehead atoms. The summed E-state index contributed by atoms with van der Waals surface area (Å²) in [5, 5.41) is 26.5. The van der Waals surface area contributed by atoms with Gasteiger partial charge in [-0.15, -0.1) is 23.1 Å². The molecule has 224 valence electrons. The van der Waals surface area contributed by atoms with Crippen LogP contribution in [0.2, 0.25) is 0 Å². The number of amides is 2. The predicted octanol–water partition coefficient (Wildman–Crippen LogP) is 1.25. The zero-order valence-electron chi connectivity index (χ0n) is 19.3. The Morgan fingerprint density at radius 3 is 1.98 bits per heavy atom. The number of thioether (sulfide) groups is 1. The Bertz CT molecular complexity index is 1150. The summed E-state index contributed by atoms with van der Waals surface area (Å²) in [4.78, 5) is 58.1. The number of fused-ring (bicyclic) bond motifs is 1. The molecule has 2 amide bonds. The summed E-state index contributed by atoms with van der Waals surface area (Å²) in [5.74, 6) is -6.62. The van der Waals surface area contributed by atoms with Crippen LogP contribution in [0, 0.1) is 0 Å². The zero-order chi connectivity index (χ0) is 31.2. The number of aliphatic carboxylic acids is 2. The minimum absolute atomic E-state index is 0.0000386. The number of nitrogens with zero attached hydrogens (tertiary/aromatic N) is 2. The van der Waals surface area contributed by atoms with Gasteiger partial charge in [-0.1, -0.05) is 0 Å². The van der Waals surface area contributed by atoms with Crippen molar-refractivity contribution >= 4 is 58.1 Å². The normalized spacial score (nSPS) is 18.9. The molecule has 0 spiro atoms. The second-order valence-corrected chi connectivity index (χ2v) is 9.06. The number of nitrogen functional groups attached to an aromatic ring is 1. The van der Waals surface area contributed by atoms with Crippen molar-refractivity contribution < 1.29 is 75.1 Å². The first-order valence-electron chi connectivity index (χ1n) is 9.74. The minimum Gasteiger partial charge on any atom is -0.493 e. The fourth-order valence-electron chi connectivity index (χ4n) is 2.46. The lowest BCUT2D eigenvalue weighted by molar-refractivity contribution is -0.193. The fourth-order valence-corrected chi connectivity index (χ4v) is 4.45. The van der Waals surface area contributed by atoms with E-state index in [4.69, 9.17) is 45.8 Å². The van der Waals surface area contributed by atoms with Crippen molar-refractivity contribution in [2.24, 2.45) is 5.73 Å². The average molecular weight is 629 g/mol.